The van der Waals surface area contributed by atoms with Gasteiger partial charge in [-0.25, -0.2) is 4.79 Å². The summed E-state index contributed by atoms with van der Waals surface area (Å²) in [6, 6.07) is 4.80. The van der Waals surface area contributed by atoms with Crippen LogP contribution >= 0.6 is 0 Å². The van der Waals surface area contributed by atoms with Crippen molar-refractivity contribution in [2.75, 3.05) is 0 Å². The largest absolute Gasteiger partial charge is 0.481 e. The van der Waals surface area contributed by atoms with Crippen molar-refractivity contribution in [2.45, 2.75) is 26.7 Å². The summed E-state index contributed by atoms with van der Waals surface area (Å²) < 4.78 is 6.40. The Kier molecular flexibility index (Phi) is 3.72. The predicted octanol–water partition coefficient (Wildman–Crippen LogP) is 2.21. The third-order valence-electron chi connectivity index (χ3n) is 3.38. The summed E-state index contributed by atoms with van der Waals surface area (Å²) in [5.74, 6) is -1.59. The quantitative estimate of drug-likeness (QED) is 0.853. The lowest BCUT2D eigenvalue weighted by Crippen LogP contribution is -2.21. The lowest BCUT2D eigenvalue weighted by molar-refractivity contribution is -0.139. The summed E-state index contributed by atoms with van der Waals surface area (Å²) in [5.41, 5.74) is 0.746. The first-order chi connectivity index (χ1) is 9.69. The molecule has 0 saturated heterocycles. The van der Waals surface area contributed by atoms with Gasteiger partial charge in [-0.3, -0.25) is 14.2 Å². The third kappa shape index (κ3) is 3.21. The predicted molar refractivity (Wildman–Crippen MR) is 76.4 cm³/mol. The highest BCUT2D eigenvalue weighted by atomic mass is 16.4. The van der Waals surface area contributed by atoms with E-state index in [1.54, 1.807) is 33.0 Å². The molecule has 112 valence electrons. The lowest BCUT2D eigenvalue weighted by atomic mass is 9.82. The average molecular weight is 291 g/mol. The Bertz CT molecular complexity index is 766. The van der Waals surface area contributed by atoms with Crippen molar-refractivity contribution in [3.05, 3.63) is 34.3 Å². The van der Waals surface area contributed by atoms with Crippen LogP contribution in [-0.2, 0) is 11.8 Å². The van der Waals surface area contributed by atoms with Crippen LogP contribution in [0.25, 0.3) is 11.1 Å². The van der Waals surface area contributed by atoms with Gasteiger partial charge in [-0.1, -0.05) is 13.8 Å². The van der Waals surface area contributed by atoms with E-state index in [2.05, 4.69) is 0 Å². The Morgan fingerprint density at radius 3 is 2.57 bits per heavy atom. The van der Waals surface area contributed by atoms with Crippen molar-refractivity contribution in [3.63, 3.8) is 0 Å². The maximum absolute atomic E-state index is 12.3. The maximum atomic E-state index is 12.3. The van der Waals surface area contributed by atoms with Crippen LogP contribution in [0.5, 0.6) is 0 Å². The van der Waals surface area contributed by atoms with E-state index in [4.69, 9.17) is 9.52 Å². The normalized spacial score (nSPS) is 11.8. The number of aromatic nitrogens is 1. The number of ketones is 1. The standard InChI is InChI=1S/C15H17NO5/c1-15(2,8-13(18)19)7-11(17)9-4-5-10-12(6-9)21-14(20)16(10)3/h4-6H,7-8H2,1-3H3,(H,18,19). The number of hydrogen-bond donors (Lipinski definition) is 1. The number of nitrogens with zero attached hydrogens (tertiary/aromatic N) is 1. The fourth-order valence-electron chi connectivity index (χ4n) is 2.32. The Morgan fingerprint density at radius 2 is 1.95 bits per heavy atom. The summed E-state index contributed by atoms with van der Waals surface area (Å²) >= 11 is 0. The molecule has 0 amide bonds. The second kappa shape index (κ2) is 5.20. The highest BCUT2D eigenvalue weighted by molar-refractivity contribution is 5.99. The number of fused-ring (bicyclic) bond motifs is 1. The van der Waals surface area contributed by atoms with Crippen molar-refractivity contribution in [1.29, 1.82) is 0 Å². The van der Waals surface area contributed by atoms with Gasteiger partial charge in [0.25, 0.3) is 0 Å². The summed E-state index contributed by atoms with van der Waals surface area (Å²) in [6.45, 7) is 3.47. The molecule has 0 aliphatic rings. The van der Waals surface area contributed by atoms with E-state index in [0.29, 0.717) is 16.7 Å². The van der Waals surface area contributed by atoms with E-state index in [1.807, 2.05) is 0 Å². The van der Waals surface area contributed by atoms with Crippen LogP contribution in [0.1, 0.15) is 37.0 Å². The van der Waals surface area contributed by atoms with Crippen LogP contribution < -0.4 is 5.76 Å². The fraction of sp³-hybridized carbons (Fsp3) is 0.400. The molecule has 0 aliphatic heterocycles. The minimum Gasteiger partial charge on any atom is -0.481 e. The molecule has 0 aliphatic carbocycles. The van der Waals surface area contributed by atoms with Crippen LogP contribution in [0.4, 0.5) is 0 Å². The molecule has 21 heavy (non-hydrogen) atoms. The number of benzene rings is 1. The van der Waals surface area contributed by atoms with Crippen molar-refractivity contribution < 1.29 is 19.1 Å². The number of rotatable bonds is 5. The topological polar surface area (TPSA) is 89.5 Å². The third-order valence-corrected chi connectivity index (χ3v) is 3.38. The molecule has 0 saturated carbocycles. The second-order valence-corrected chi connectivity index (χ2v) is 5.94. The number of carbonyl (C=O) groups excluding carboxylic acids is 1. The molecule has 1 aromatic carbocycles. The summed E-state index contributed by atoms with van der Waals surface area (Å²) in [6.07, 6.45) is 0.0310. The number of oxazole rings is 1. The van der Waals surface area contributed by atoms with Gasteiger partial charge in [0.05, 0.1) is 11.9 Å². The number of carboxylic acids is 1. The Balaban J connectivity index is 2.27. The SMILES string of the molecule is Cn1c(=O)oc2cc(C(=O)CC(C)(C)CC(=O)O)ccc21. The van der Waals surface area contributed by atoms with Gasteiger partial charge in [0, 0.05) is 19.0 Å². The van der Waals surface area contributed by atoms with E-state index in [9.17, 15) is 14.4 Å². The molecular weight excluding hydrogens is 274 g/mol. The van der Waals surface area contributed by atoms with E-state index in [-0.39, 0.29) is 18.6 Å². The molecule has 0 fully saturated rings. The van der Waals surface area contributed by atoms with Gasteiger partial charge in [-0.05, 0) is 23.6 Å². The van der Waals surface area contributed by atoms with Crippen molar-refractivity contribution in [3.8, 4) is 0 Å². The van der Waals surface area contributed by atoms with E-state index < -0.39 is 17.1 Å². The summed E-state index contributed by atoms with van der Waals surface area (Å²) in [7, 11) is 1.59. The molecule has 1 heterocycles. The van der Waals surface area contributed by atoms with Gasteiger partial charge >= 0.3 is 11.7 Å². The van der Waals surface area contributed by atoms with E-state index >= 15 is 0 Å². The molecule has 0 radical (unpaired) electrons. The van der Waals surface area contributed by atoms with Crippen molar-refractivity contribution >= 4 is 22.9 Å². The van der Waals surface area contributed by atoms with E-state index in [0.717, 1.165) is 0 Å². The molecule has 2 aromatic rings. The molecule has 0 unspecified atom stereocenters. The maximum Gasteiger partial charge on any atom is 0.419 e. The average Bonchev–Trinajstić information content (AvgIpc) is 2.62. The Morgan fingerprint density at radius 1 is 1.29 bits per heavy atom. The zero-order valence-electron chi connectivity index (χ0n) is 12.2. The second-order valence-electron chi connectivity index (χ2n) is 5.94. The molecule has 0 bridgehead atoms. The monoisotopic (exact) mass is 291 g/mol. The van der Waals surface area contributed by atoms with E-state index in [1.165, 1.54) is 10.6 Å². The van der Waals surface area contributed by atoms with Gasteiger partial charge in [-0.15, -0.1) is 0 Å². The van der Waals surface area contributed by atoms with Crippen LogP contribution in [-0.4, -0.2) is 21.4 Å². The van der Waals surface area contributed by atoms with Gasteiger partial charge in [0.2, 0.25) is 0 Å². The molecule has 0 spiro atoms. The number of carbonyl (C=O) groups is 2. The Hall–Kier alpha value is -2.37. The fourth-order valence-corrected chi connectivity index (χ4v) is 2.32. The van der Waals surface area contributed by atoms with Gasteiger partial charge in [0.15, 0.2) is 11.4 Å². The van der Waals surface area contributed by atoms with Crippen LogP contribution in [0.3, 0.4) is 0 Å². The molecule has 6 heteroatoms. The number of aliphatic carboxylic acids is 1. The minimum atomic E-state index is -0.933. The molecule has 2 rings (SSSR count). The van der Waals surface area contributed by atoms with Gasteiger partial charge in [0.1, 0.15) is 0 Å². The van der Waals surface area contributed by atoms with Crippen LogP contribution in [0.15, 0.2) is 27.4 Å². The lowest BCUT2D eigenvalue weighted by Gasteiger charge is -2.21. The molecule has 0 atom stereocenters. The number of carboxylic acid groups (broad SMARTS) is 1. The van der Waals surface area contributed by atoms with Gasteiger partial charge < -0.3 is 9.52 Å². The summed E-state index contributed by atoms with van der Waals surface area (Å²) in [4.78, 5) is 34.5. The molecular formula is C15H17NO5. The molecule has 1 N–H and O–H groups in total. The zero-order chi connectivity index (χ0) is 15.8. The van der Waals surface area contributed by atoms with Gasteiger partial charge in [-0.2, -0.15) is 0 Å². The van der Waals surface area contributed by atoms with Crippen LogP contribution in [0.2, 0.25) is 0 Å². The number of aryl methyl sites for hydroxylation is 1. The molecule has 6 nitrogen and oxygen atoms in total. The summed E-state index contributed by atoms with van der Waals surface area (Å²) in [5, 5.41) is 8.84. The first-order valence-electron chi connectivity index (χ1n) is 6.54. The number of Topliss-reactive ketones (excluding diaryl/α,β-unsaturated/α-hetero) is 1. The highest BCUT2D eigenvalue weighted by Gasteiger charge is 2.26. The van der Waals surface area contributed by atoms with Crippen molar-refractivity contribution in [2.24, 2.45) is 12.5 Å². The smallest absolute Gasteiger partial charge is 0.419 e. The van der Waals surface area contributed by atoms with Crippen LogP contribution in [0, 0.1) is 5.41 Å². The van der Waals surface area contributed by atoms with Crippen molar-refractivity contribution in [1.82, 2.24) is 4.57 Å². The minimum absolute atomic E-state index is 0.0819. The number of hydrogen-bond acceptors (Lipinski definition) is 4. The highest BCUT2D eigenvalue weighted by Crippen LogP contribution is 2.27. The molecule has 1 aromatic heterocycles. The first-order valence-corrected chi connectivity index (χ1v) is 6.54. The Labute approximate surface area is 121 Å². The first kappa shape index (κ1) is 15.0. The zero-order valence-corrected chi connectivity index (χ0v) is 12.2.